The number of carbonyl (C=O) groups excluding carboxylic acids is 1. The number of anilines is 1. The quantitative estimate of drug-likeness (QED) is 0.509. The summed E-state index contributed by atoms with van der Waals surface area (Å²) in [7, 11) is 0. The molecule has 2 heterocycles. The van der Waals surface area contributed by atoms with E-state index in [-0.39, 0.29) is 24.0 Å². The van der Waals surface area contributed by atoms with Gasteiger partial charge >= 0.3 is 0 Å². The Morgan fingerprint density at radius 1 is 1.26 bits per heavy atom. The summed E-state index contributed by atoms with van der Waals surface area (Å²) >= 11 is 16.4. The number of aryl methyl sites for hydroxylation is 2. The summed E-state index contributed by atoms with van der Waals surface area (Å²) in [5.74, 6) is 0.625. The minimum Gasteiger partial charge on any atom is -0.371 e. The second-order valence-corrected chi connectivity index (χ2v) is 8.41. The van der Waals surface area contributed by atoms with Crippen molar-refractivity contribution in [2.24, 2.45) is 0 Å². The number of aromatic nitrogens is 2. The van der Waals surface area contributed by atoms with Gasteiger partial charge in [0, 0.05) is 23.7 Å². The molecule has 0 radical (unpaired) electrons. The Morgan fingerprint density at radius 2 is 2.00 bits per heavy atom. The number of halogens is 3. The second kappa shape index (κ2) is 10.8. The van der Waals surface area contributed by atoms with Gasteiger partial charge in [-0.05, 0) is 31.0 Å². The lowest BCUT2D eigenvalue weighted by atomic mass is 10.1. The fraction of sp³-hybridized carbons (Fsp3) is 0.476. The van der Waals surface area contributed by atoms with Crippen molar-refractivity contribution in [3.8, 4) is 11.3 Å². The summed E-state index contributed by atoms with van der Waals surface area (Å²) < 4.78 is 18.3. The van der Waals surface area contributed by atoms with E-state index in [9.17, 15) is 9.18 Å². The second-order valence-electron chi connectivity index (χ2n) is 7.18. The fourth-order valence-electron chi connectivity index (χ4n) is 3.62. The first kappa shape index (κ1) is 24.0. The highest BCUT2D eigenvalue weighted by Crippen LogP contribution is 2.33. The minimum absolute atomic E-state index is 0.0298. The lowest BCUT2D eigenvalue weighted by Crippen LogP contribution is -2.35. The summed E-state index contributed by atoms with van der Waals surface area (Å²) in [6, 6.07) is 5.05. The molecule has 1 aromatic carbocycles. The van der Waals surface area contributed by atoms with E-state index >= 15 is 0 Å². The van der Waals surface area contributed by atoms with Gasteiger partial charge in [-0.2, -0.15) is 0 Å². The standard InChI is InChI=1S/C21H25Cl2FN4O2S/c1-3-15-19(13-6-5-12(22)9-14(13)23)25-16(4-2)20(26-15)27-17-10-28(21(29)31)11-18(17)30-8-7-24/h5-6,9,17-18H,3-4,7-8,10-11H2,1-2H3,(H,26,27)(H,29,31)/t17-,18+/m1/s1. The third kappa shape index (κ3) is 5.61. The Morgan fingerprint density at radius 3 is 2.61 bits per heavy atom. The first-order valence-electron chi connectivity index (χ1n) is 10.1. The molecule has 0 bridgehead atoms. The van der Waals surface area contributed by atoms with Crippen molar-refractivity contribution < 1.29 is 13.9 Å². The van der Waals surface area contributed by atoms with Crippen molar-refractivity contribution in [3.63, 3.8) is 0 Å². The van der Waals surface area contributed by atoms with Gasteiger partial charge < -0.3 is 15.0 Å². The number of carbonyl (C=O) groups is 1. The molecule has 10 heteroatoms. The van der Waals surface area contributed by atoms with Crippen LogP contribution in [0.5, 0.6) is 0 Å². The average molecular weight is 487 g/mol. The zero-order valence-electron chi connectivity index (χ0n) is 17.4. The molecule has 0 unspecified atom stereocenters. The molecule has 1 N–H and O–H groups in total. The van der Waals surface area contributed by atoms with Crippen LogP contribution in [0, 0.1) is 0 Å². The molecule has 1 aliphatic heterocycles. The summed E-state index contributed by atoms with van der Waals surface area (Å²) in [5.41, 5.74) is 3.03. The number of nitrogens with one attached hydrogen (secondary N) is 1. The van der Waals surface area contributed by atoms with Gasteiger partial charge in [0.2, 0.25) is 0 Å². The molecule has 1 saturated heterocycles. The minimum atomic E-state index is -0.589. The van der Waals surface area contributed by atoms with E-state index in [1.54, 1.807) is 17.0 Å². The normalized spacial score (nSPS) is 18.5. The van der Waals surface area contributed by atoms with Gasteiger partial charge in [-0.25, -0.2) is 14.4 Å². The number of ether oxygens (including phenoxy) is 1. The van der Waals surface area contributed by atoms with Gasteiger partial charge in [0.15, 0.2) is 0 Å². The van der Waals surface area contributed by atoms with Crippen LogP contribution in [0.15, 0.2) is 18.2 Å². The Kier molecular flexibility index (Phi) is 8.38. The summed E-state index contributed by atoms with van der Waals surface area (Å²) in [4.78, 5) is 23.0. The van der Waals surface area contributed by atoms with E-state index in [4.69, 9.17) is 37.9 Å². The van der Waals surface area contributed by atoms with E-state index in [0.29, 0.717) is 41.8 Å². The van der Waals surface area contributed by atoms with Crippen molar-refractivity contribution in [1.29, 1.82) is 0 Å². The van der Waals surface area contributed by atoms with Gasteiger partial charge in [-0.15, -0.1) is 0 Å². The highest BCUT2D eigenvalue weighted by atomic mass is 35.5. The molecule has 0 spiro atoms. The zero-order chi connectivity index (χ0) is 22.5. The maximum Gasteiger partial charge on any atom is 0.278 e. The van der Waals surface area contributed by atoms with Crippen LogP contribution in [-0.2, 0) is 17.6 Å². The SMILES string of the molecule is CCc1nc(-c2ccc(Cl)cc2Cl)c(CC)nc1N[C@@H]1CN(C(=O)S)C[C@@H]1OCCF. The number of rotatable bonds is 8. The van der Waals surface area contributed by atoms with Crippen LogP contribution in [0.1, 0.15) is 25.2 Å². The van der Waals surface area contributed by atoms with Crippen LogP contribution in [0.4, 0.5) is 15.0 Å². The largest absolute Gasteiger partial charge is 0.371 e. The molecule has 2 aromatic rings. The number of hydrogen-bond acceptors (Lipinski definition) is 5. The Balaban J connectivity index is 1.94. The molecular formula is C21H25Cl2FN4O2S. The first-order chi connectivity index (χ1) is 14.9. The number of hydrogen-bond donors (Lipinski definition) is 2. The van der Waals surface area contributed by atoms with Crippen molar-refractivity contribution in [2.75, 3.05) is 31.7 Å². The van der Waals surface area contributed by atoms with Crippen molar-refractivity contribution in [3.05, 3.63) is 39.6 Å². The van der Waals surface area contributed by atoms with Crippen molar-refractivity contribution in [1.82, 2.24) is 14.9 Å². The van der Waals surface area contributed by atoms with Gasteiger partial charge in [-0.3, -0.25) is 4.79 Å². The molecular weight excluding hydrogens is 462 g/mol. The predicted octanol–water partition coefficient (Wildman–Crippen LogP) is 5.08. The highest BCUT2D eigenvalue weighted by Gasteiger charge is 2.36. The van der Waals surface area contributed by atoms with Crippen LogP contribution >= 0.6 is 35.8 Å². The van der Waals surface area contributed by atoms with Gasteiger partial charge in [0.1, 0.15) is 12.5 Å². The third-order valence-corrected chi connectivity index (χ3v) is 5.99. The zero-order valence-corrected chi connectivity index (χ0v) is 19.8. The number of alkyl halides is 1. The number of thiol groups is 1. The summed E-state index contributed by atoms with van der Waals surface area (Å²) in [6.45, 7) is 4.09. The highest BCUT2D eigenvalue weighted by molar-refractivity contribution is 7.96. The molecule has 1 fully saturated rings. The molecule has 0 aliphatic carbocycles. The molecule has 6 nitrogen and oxygen atoms in total. The van der Waals surface area contributed by atoms with Gasteiger partial charge in [0.05, 0.1) is 40.9 Å². The van der Waals surface area contributed by atoms with Crippen LogP contribution in [-0.4, -0.2) is 58.6 Å². The first-order valence-corrected chi connectivity index (χ1v) is 11.3. The van der Waals surface area contributed by atoms with E-state index in [1.165, 1.54) is 0 Å². The molecule has 0 saturated carbocycles. The van der Waals surface area contributed by atoms with E-state index in [2.05, 4.69) is 17.9 Å². The summed E-state index contributed by atoms with van der Waals surface area (Å²) in [5, 5.41) is 4.10. The average Bonchev–Trinajstić information content (AvgIpc) is 3.15. The van der Waals surface area contributed by atoms with Gasteiger partial charge in [-0.1, -0.05) is 49.7 Å². The van der Waals surface area contributed by atoms with E-state index < -0.39 is 6.67 Å². The van der Waals surface area contributed by atoms with Crippen LogP contribution < -0.4 is 5.32 Å². The van der Waals surface area contributed by atoms with Crippen LogP contribution in [0.2, 0.25) is 10.0 Å². The molecule has 1 aliphatic rings. The molecule has 2 atom stereocenters. The fourth-order valence-corrected chi connectivity index (χ4v) is 4.28. The molecule has 3 rings (SSSR count). The van der Waals surface area contributed by atoms with Crippen molar-refractivity contribution in [2.45, 2.75) is 38.8 Å². The lowest BCUT2D eigenvalue weighted by Gasteiger charge is -2.22. The molecule has 31 heavy (non-hydrogen) atoms. The molecule has 1 amide bonds. The number of benzene rings is 1. The van der Waals surface area contributed by atoms with Crippen LogP contribution in [0.25, 0.3) is 11.3 Å². The molecule has 168 valence electrons. The Labute approximate surface area is 196 Å². The predicted molar refractivity (Wildman–Crippen MR) is 125 cm³/mol. The Bertz CT molecular complexity index is 950. The topological polar surface area (TPSA) is 67.4 Å². The summed E-state index contributed by atoms with van der Waals surface area (Å²) in [6.07, 6.45) is 0.914. The molecule has 1 aromatic heterocycles. The smallest absolute Gasteiger partial charge is 0.278 e. The van der Waals surface area contributed by atoms with Crippen molar-refractivity contribution >= 4 is 46.9 Å². The Hall–Kier alpha value is -1.61. The monoisotopic (exact) mass is 486 g/mol. The number of nitrogens with zero attached hydrogens (tertiary/aromatic N) is 3. The number of amides is 1. The number of likely N-dealkylation sites (tertiary alicyclic amines) is 1. The van der Waals surface area contributed by atoms with Gasteiger partial charge in [0.25, 0.3) is 5.24 Å². The maximum atomic E-state index is 12.7. The van der Waals surface area contributed by atoms with E-state index in [0.717, 1.165) is 22.6 Å². The lowest BCUT2D eigenvalue weighted by molar-refractivity contribution is 0.0476. The maximum absolute atomic E-state index is 12.7. The van der Waals surface area contributed by atoms with E-state index in [1.807, 2.05) is 19.9 Å². The third-order valence-electron chi connectivity index (χ3n) is 5.16. The van der Waals surface area contributed by atoms with Crippen LogP contribution in [0.3, 0.4) is 0 Å².